The molecular weight excluding hydrogens is 961 g/mol. The second-order valence-corrected chi connectivity index (χ2v) is 32.7. The van der Waals surface area contributed by atoms with Crippen LogP contribution in [-0.2, 0) is 48.3 Å². The molecule has 5 heterocycles. The molecule has 0 saturated carbocycles. The highest BCUT2D eigenvalue weighted by molar-refractivity contribution is 7.86. The molecule has 2 bridgehead atoms. The van der Waals surface area contributed by atoms with Gasteiger partial charge in [-0.15, -0.1) is 0 Å². The van der Waals surface area contributed by atoms with Gasteiger partial charge in [-0.1, -0.05) is 55.4 Å². The van der Waals surface area contributed by atoms with E-state index in [1.165, 1.54) is 10.8 Å². The van der Waals surface area contributed by atoms with Crippen molar-refractivity contribution in [1.29, 1.82) is 0 Å². The van der Waals surface area contributed by atoms with E-state index in [1.807, 2.05) is 17.7 Å². The summed E-state index contributed by atoms with van der Waals surface area (Å²) < 4.78 is 127. The number of nitrogens with zero attached hydrogens (tertiary/aromatic N) is 4. The van der Waals surface area contributed by atoms with E-state index in [-0.39, 0.29) is 60.3 Å². The number of aryl methyl sites for hydroxylation is 2. The van der Waals surface area contributed by atoms with Gasteiger partial charge in [-0.25, -0.2) is 17.8 Å². The fraction of sp³-hybridized carbons (Fsp3) is 0.810. The lowest BCUT2D eigenvalue weighted by molar-refractivity contribution is -0.769. The van der Waals surface area contributed by atoms with Gasteiger partial charge in [-0.3, -0.25) is 13.9 Å². The van der Waals surface area contributed by atoms with Crippen LogP contribution >= 0.6 is 7.60 Å². The summed E-state index contributed by atoms with van der Waals surface area (Å²) in [7, 11) is -14.3. The molecule has 384 valence electrons. The summed E-state index contributed by atoms with van der Waals surface area (Å²) in [5.74, 6) is 1.23. The molecule has 25 heteroatoms. The molecule has 6 atom stereocenters. The molecule has 2 saturated heterocycles. The molecule has 3 aliphatic rings. The monoisotopic (exact) mass is 1030 g/mol. The maximum Gasteiger partial charge on any atom is 0.504 e. The molecular formula is C42H72F3N4O14PSSi2. The van der Waals surface area contributed by atoms with Crippen LogP contribution in [0.4, 0.5) is 13.2 Å². The number of hydrogen-bond donors (Lipinski definition) is 0. The molecule has 2 aromatic heterocycles. The number of fused-ring (bicyclic) bond motifs is 4. The number of alkyl halides is 3. The maximum absolute atomic E-state index is 14.1. The maximum atomic E-state index is 14.1. The van der Waals surface area contributed by atoms with E-state index in [2.05, 4.69) is 81.6 Å². The predicted molar refractivity (Wildman–Crippen MR) is 246 cm³/mol. The molecule has 0 N–H and O–H groups in total. The SMILES string of the molecule is CCOP(=O)(Cn1c(=O)c(C)cn([C@H]2C[C@H](Oc3nc4[n+](cc3C)[C@H]3C[C@@H](O4)[C@@H](CO[Si](C)(C)C(C)(C)C(C)C)O3)[C@@H](CO[Si](C)(C)C(C)(C)C(C)C)O2)c1=O)OCC.O=S(=O)([O-])C(F)(F)F. The average molecular weight is 1030 g/mol. The minimum absolute atomic E-state index is 0.0575. The smallest absolute Gasteiger partial charge is 0.504 e. The predicted octanol–water partition coefficient (Wildman–Crippen LogP) is 7.68. The molecule has 5 rings (SSSR count). The van der Waals surface area contributed by atoms with E-state index < -0.39 is 75.8 Å². The quantitative estimate of drug-likeness (QED) is 0.0434. The lowest BCUT2D eigenvalue weighted by Crippen LogP contribution is -2.48. The number of hydrogen-bond acceptors (Lipinski definition) is 15. The van der Waals surface area contributed by atoms with Gasteiger partial charge >= 0.3 is 30.7 Å². The fourth-order valence-corrected chi connectivity index (χ4v) is 14.0. The molecule has 0 spiro atoms. The number of halogens is 3. The van der Waals surface area contributed by atoms with E-state index in [9.17, 15) is 27.3 Å². The third kappa shape index (κ3) is 12.7. The van der Waals surface area contributed by atoms with Gasteiger partial charge in [0.05, 0.1) is 38.4 Å². The number of ether oxygens (including phenoxy) is 4. The van der Waals surface area contributed by atoms with Crippen LogP contribution in [0.15, 0.2) is 22.0 Å². The first-order valence-corrected chi connectivity index (χ1v) is 31.6. The highest BCUT2D eigenvalue weighted by atomic mass is 32.2. The highest BCUT2D eigenvalue weighted by Crippen LogP contribution is 2.50. The zero-order valence-corrected chi connectivity index (χ0v) is 45.4. The van der Waals surface area contributed by atoms with Crippen LogP contribution in [0.2, 0.25) is 36.3 Å². The molecule has 2 fully saturated rings. The summed E-state index contributed by atoms with van der Waals surface area (Å²) in [6.45, 7) is 34.7. The van der Waals surface area contributed by atoms with Gasteiger partial charge in [0.2, 0.25) is 6.23 Å². The van der Waals surface area contributed by atoms with Crippen LogP contribution in [0.25, 0.3) is 0 Å². The van der Waals surface area contributed by atoms with Gasteiger partial charge < -0.3 is 41.4 Å². The lowest BCUT2D eigenvalue weighted by atomic mass is 9.99. The van der Waals surface area contributed by atoms with Crippen molar-refractivity contribution in [3.63, 3.8) is 0 Å². The van der Waals surface area contributed by atoms with Gasteiger partial charge in [0.1, 0.15) is 43.1 Å². The Morgan fingerprint density at radius 3 is 1.88 bits per heavy atom. The lowest BCUT2D eigenvalue weighted by Gasteiger charge is -2.43. The zero-order chi connectivity index (χ0) is 51.0. The highest BCUT2D eigenvalue weighted by Gasteiger charge is 2.52. The Labute approximate surface area is 394 Å². The summed E-state index contributed by atoms with van der Waals surface area (Å²) in [6.07, 6.45) is 1.08. The van der Waals surface area contributed by atoms with Crippen LogP contribution in [0.1, 0.15) is 106 Å². The van der Waals surface area contributed by atoms with Crippen LogP contribution < -0.4 is 25.3 Å². The van der Waals surface area contributed by atoms with Crippen molar-refractivity contribution in [2.75, 3.05) is 26.4 Å². The Morgan fingerprint density at radius 2 is 1.40 bits per heavy atom. The first kappa shape index (κ1) is 57.1. The Balaban J connectivity index is 0.00000112. The first-order chi connectivity index (χ1) is 30.5. The number of aromatic nitrogens is 4. The van der Waals surface area contributed by atoms with Gasteiger partial charge in [0, 0.05) is 23.2 Å². The molecule has 0 amide bonds. The van der Waals surface area contributed by atoms with Gasteiger partial charge in [-0.2, -0.15) is 17.7 Å². The largest absolute Gasteiger partial charge is 0.741 e. The Kier molecular flexibility index (Phi) is 17.9. The third-order valence-corrected chi connectivity index (χ3v) is 26.1. The second kappa shape index (κ2) is 21.1. The second-order valence-electron chi connectivity index (χ2n) is 20.1. The Bertz CT molecular complexity index is 2340. The van der Waals surface area contributed by atoms with Gasteiger partial charge in [0.15, 0.2) is 26.8 Å². The zero-order valence-electron chi connectivity index (χ0n) is 41.7. The molecule has 18 nitrogen and oxygen atoms in total. The molecule has 2 aromatic rings. The van der Waals surface area contributed by atoms with Crippen molar-refractivity contribution in [1.82, 2.24) is 14.1 Å². The Hall–Kier alpha value is -2.52. The first-order valence-electron chi connectivity index (χ1n) is 22.6. The summed E-state index contributed by atoms with van der Waals surface area (Å²) in [5.41, 5.74) is -5.87. The van der Waals surface area contributed by atoms with E-state index in [1.54, 1.807) is 20.8 Å². The minimum Gasteiger partial charge on any atom is -0.741 e. The van der Waals surface area contributed by atoms with Gasteiger partial charge in [0.25, 0.3) is 5.56 Å². The molecule has 0 aromatic carbocycles. The summed E-state index contributed by atoms with van der Waals surface area (Å²) in [5, 5.41) is 0.0150. The Morgan fingerprint density at radius 1 is 0.896 bits per heavy atom. The van der Waals surface area contributed by atoms with E-state index >= 15 is 0 Å². The standard InChI is InChI=1S/C41H72N4O11PSi2.CHF3O3S/c1-17-49-57(48,50-18-2)25-45-37(46)29(8)22-44(39(45)47)35-19-30(32(54-35)23-51-58(13,14)40(9,10)26(3)4)55-36-28(7)21-43-34-20-31(56-38(43)42-36)33(53-34)24-52-59(15,16)41(11,12)27(5)6;2-1(3,4)8(5,6)7/h21-22,26-27,30-35H,17-20,23-25H2,1-16H3;(H,5,6,7)/q+1;/p-1/t30-,31+,32+,33+,34+,35+;/m0./s1. The molecule has 3 aliphatic heterocycles. The molecule has 0 unspecified atom stereocenters. The normalized spacial score (nSPS) is 22.7. The van der Waals surface area contributed by atoms with E-state index in [4.69, 9.17) is 54.8 Å². The van der Waals surface area contributed by atoms with Crippen LogP contribution in [-0.4, -0.2) is 100 Å². The number of rotatable bonds is 19. The van der Waals surface area contributed by atoms with Gasteiger partial charge in [-0.05, 0) is 75.8 Å². The molecule has 67 heavy (non-hydrogen) atoms. The fourth-order valence-electron chi connectivity index (χ4n) is 7.65. The van der Waals surface area contributed by atoms with E-state index in [0.29, 0.717) is 36.8 Å². The topological polar surface area (TPSA) is 209 Å². The average Bonchev–Trinajstić information content (AvgIpc) is 3.76. The van der Waals surface area contributed by atoms with E-state index in [0.717, 1.165) is 10.1 Å². The van der Waals surface area contributed by atoms with Crippen LogP contribution in [0.3, 0.4) is 0 Å². The van der Waals surface area contributed by atoms with Crippen molar-refractivity contribution in [2.24, 2.45) is 11.8 Å². The van der Waals surface area contributed by atoms with Crippen LogP contribution in [0, 0.1) is 25.7 Å². The minimum atomic E-state index is -6.09. The third-order valence-electron chi connectivity index (χ3n) is 14.4. The van der Waals surface area contributed by atoms with Crippen molar-refractivity contribution in [3.05, 3.63) is 44.4 Å². The summed E-state index contributed by atoms with van der Waals surface area (Å²) in [6, 6.07) is 0.399. The summed E-state index contributed by atoms with van der Waals surface area (Å²) in [4.78, 5) is 32.3. The van der Waals surface area contributed by atoms with Crippen molar-refractivity contribution in [3.8, 4) is 11.9 Å². The molecule has 0 radical (unpaired) electrons. The van der Waals surface area contributed by atoms with Crippen molar-refractivity contribution in [2.45, 2.75) is 181 Å². The van der Waals surface area contributed by atoms with Crippen molar-refractivity contribution >= 4 is 34.3 Å². The van der Waals surface area contributed by atoms with Crippen LogP contribution in [0.5, 0.6) is 11.9 Å². The molecule has 0 aliphatic carbocycles. The van der Waals surface area contributed by atoms with Crippen molar-refractivity contribution < 1.29 is 72.1 Å². The summed E-state index contributed by atoms with van der Waals surface area (Å²) >= 11 is 0.